The standard InChI is InChI=1S/C18H20F3NO/c19-18(20,21)16-9-3-7-15(13-16)8-4-12-22-17(23)11-10-14-5-1-2-6-14/h3,7,9,13-14H,1-2,5-6,10-12H2,(H,22,23). The van der Waals surface area contributed by atoms with Crippen LogP contribution in [0.15, 0.2) is 24.3 Å². The molecular formula is C18H20F3NO. The van der Waals surface area contributed by atoms with E-state index < -0.39 is 11.7 Å². The zero-order valence-electron chi connectivity index (χ0n) is 12.9. The predicted octanol–water partition coefficient (Wildman–Crippen LogP) is 4.14. The lowest BCUT2D eigenvalue weighted by atomic mass is 10.0. The molecule has 1 amide bonds. The summed E-state index contributed by atoms with van der Waals surface area (Å²) < 4.78 is 37.7. The normalized spacial score (nSPS) is 15.1. The largest absolute Gasteiger partial charge is 0.416 e. The number of carbonyl (C=O) groups is 1. The first-order valence-electron chi connectivity index (χ1n) is 7.88. The quantitative estimate of drug-likeness (QED) is 0.829. The summed E-state index contributed by atoms with van der Waals surface area (Å²) in [6.45, 7) is 0.153. The smallest absolute Gasteiger partial charge is 0.345 e. The van der Waals surface area contributed by atoms with Crippen molar-refractivity contribution in [2.45, 2.75) is 44.7 Å². The molecule has 0 bridgehead atoms. The van der Waals surface area contributed by atoms with Gasteiger partial charge in [0.25, 0.3) is 0 Å². The van der Waals surface area contributed by atoms with Crippen LogP contribution in [0.3, 0.4) is 0 Å². The van der Waals surface area contributed by atoms with Gasteiger partial charge in [0.1, 0.15) is 0 Å². The second-order valence-corrected chi connectivity index (χ2v) is 5.85. The van der Waals surface area contributed by atoms with Gasteiger partial charge in [0.2, 0.25) is 5.91 Å². The van der Waals surface area contributed by atoms with Gasteiger partial charge in [-0.25, -0.2) is 0 Å². The highest BCUT2D eigenvalue weighted by atomic mass is 19.4. The number of hydrogen-bond acceptors (Lipinski definition) is 1. The minimum absolute atomic E-state index is 0.0461. The Kier molecular flexibility index (Phi) is 6.09. The number of amides is 1. The van der Waals surface area contributed by atoms with Crippen molar-refractivity contribution in [1.29, 1.82) is 0 Å². The maximum atomic E-state index is 12.6. The molecule has 1 N–H and O–H groups in total. The van der Waals surface area contributed by atoms with Crippen LogP contribution in [0.1, 0.15) is 49.7 Å². The van der Waals surface area contributed by atoms with E-state index in [1.54, 1.807) is 0 Å². The molecule has 124 valence electrons. The van der Waals surface area contributed by atoms with E-state index in [1.165, 1.54) is 37.8 Å². The summed E-state index contributed by atoms with van der Waals surface area (Å²) in [5.41, 5.74) is -0.426. The van der Waals surface area contributed by atoms with Crippen molar-refractivity contribution in [2.24, 2.45) is 5.92 Å². The summed E-state index contributed by atoms with van der Waals surface area (Å²) >= 11 is 0. The molecule has 0 radical (unpaired) electrons. The lowest BCUT2D eigenvalue weighted by Gasteiger charge is -2.07. The average Bonchev–Trinajstić information content (AvgIpc) is 3.02. The molecule has 2 nitrogen and oxygen atoms in total. The van der Waals surface area contributed by atoms with Crippen LogP contribution in [0.5, 0.6) is 0 Å². The minimum atomic E-state index is -4.37. The Balaban J connectivity index is 1.75. The second-order valence-electron chi connectivity index (χ2n) is 5.85. The fourth-order valence-electron chi connectivity index (χ4n) is 2.78. The Morgan fingerprint density at radius 2 is 2.00 bits per heavy atom. The zero-order valence-corrected chi connectivity index (χ0v) is 12.9. The zero-order chi connectivity index (χ0) is 16.7. The molecule has 1 aliphatic carbocycles. The van der Waals surface area contributed by atoms with Gasteiger partial charge in [-0.3, -0.25) is 4.79 Å². The summed E-state index contributed by atoms with van der Waals surface area (Å²) in [5.74, 6) is 5.95. The number of halogens is 3. The van der Waals surface area contributed by atoms with Gasteiger partial charge in [0, 0.05) is 12.0 Å². The SMILES string of the molecule is O=C(CCC1CCCC1)NCC#Cc1cccc(C(F)(F)F)c1. The van der Waals surface area contributed by atoms with E-state index in [0.717, 1.165) is 18.6 Å². The van der Waals surface area contributed by atoms with Gasteiger partial charge in [0.15, 0.2) is 0 Å². The Morgan fingerprint density at radius 3 is 2.70 bits per heavy atom. The Labute approximate surface area is 134 Å². The van der Waals surface area contributed by atoms with Crippen LogP contribution in [-0.2, 0) is 11.0 Å². The van der Waals surface area contributed by atoms with Crippen LogP contribution < -0.4 is 5.32 Å². The molecule has 0 aromatic heterocycles. The molecule has 5 heteroatoms. The third-order valence-electron chi connectivity index (χ3n) is 4.05. The predicted molar refractivity (Wildman–Crippen MR) is 82.5 cm³/mol. The third-order valence-corrected chi connectivity index (χ3v) is 4.05. The molecule has 0 unspecified atom stereocenters. The van der Waals surface area contributed by atoms with Crippen molar-refractivity contribution in [3.63, 3.8) is 0 Å². The highest BCUT2D eigenvalue weighted by molar-refractivity contribution is 5.76. The number of rotatable bonds is 4. The van der Waals surface area contributed by atoms with Gasteiger partial charge in [-0.1, -0.05) is 43.6 Å². The molecule has 0 aliphatic heterocycles. The van der Waals surface area contributed by atoms with Crippen LogP contribution in [0.2, 0.25) is 0 Å². The van der Waals surface area contributed by atoms with E-state index in [2.05, 4.69) is 17.2 Å². The van der Waals surface area contributed by atoms with Gasteiger partial charge in [0.05, 0.1) is 12.1 Å². The fourth-order valence-corrected chi connectivity index (χ4v) is 2.78. The first-order valence-corrected chi connectivity index (χ1v) is 7.88. The van der Waals surface area contributed by atoms with Crippen molar-refractivity contribution in [3.05, 3.63) is 35.4 Å². The van der Waals surface area contributed by atoms with E-state index in [0.29, 0.717) is 17.9 Å². The van der Waals surface area contributed by atoms with E-state index in [9.17, 15) is 18.0 Å². The van der Waals surface area contributed by atoms with Crippen molar-refractivity contribution in [3.8, 4) is 11.8 Å². The topological polar surface area (TPSA) is 29.1 Å². The van der Waals surface area contributed by atoms with Crippen LogP contribution in [0.4, 0.5) is 13.2 Å². The molecule has 1 aromatic carbocycles. The second kappa shape index (κ2) is 8.05. The first kappa shape index (κ1) is 17.4. The maximum absolute atomic E-state index is 12.6. The van der Waals surface area contributed by atoms with Gasteiger partial charge in [-0.2, -0.15) is 13.2 Å². The lowest BCUT2D eigenvalue weighted by molar-refractivity contribution is -0.137. The van der Waals surface area contributed by atoms with Gasteiger partial charge in [-0.15, -0.1) is 0 Å². The number of benzene rings is 1. The molecule has 2 rings (SSSR count). The summed E-state index contributed by atoms with van der Waals surface area (Å²) in [7, 11) is 0. The Hall–Kier alpha value is -1.96. The number of nitrogens with one attached hydrogen (secondary N) is 1. The summed E-state index contributed by atoms with van der Waals surface area (Å²) in [6, 6.07) is 4.86. The lowest BCUT2D eigenvalue weighted by Crippen LogP contribution is -2.23. The van der Waals surface area contributed by atoms with Crippen molar-refractivity contribution in [2.75, 3.05) is 6.54 Å². The van der Waals surface area contributed by atoms with Crippen molar-refractivity contribution in [1.82, 2.24) is 5.32 Å². The number of alkyl halides is 3. The summed E-state index contributed by atoms with van der Waals surface area (Å²) in [5, 5.41) is 2.69. The molecular weight excluding hydrogens is 303 g/mol. The Bertz CT molecular complexity index is 592. The van der Waals surface area contributed by atoms with Crippen molar-refractivity contribution < 1.29 is 18.0 Å². The number of carbonyl (C=O) groups excluding carboxylic acids is 1. The van der Waals surface area contributed by atoms with Crippen LogP contribution in [0, 0.1) is 17.8 Å². The minimum Gasteiger partial charge on any atom is -0.345 e. The highest BCUT2D eigenvalue weighted by Crippen LogP contribution is 2.29. The Morgan fingerprint density at radius 1 is 1.26 bits per heavy atom. The molecule has 1 fully saturated rings. The molecule has 0 heterocycles. The van der Waals surface area contributed by atoms with Crippen LogP contribution >= 0.6 is 0 Å². The average molecular weight is 323 g/mol. The van der Waals surface area contributed by atoms with Crippen molar-refractivity contribution >= 4 is 5.91 Å². The molecule has 23 heavy (non-hydrogen) atoms. The maximum Gasteiger partial charge on any atom is 0.416 e. The molecule has 1 aliphatic rings. The molecule has 1 saturated carbocycles. The fraction of sp³-hybridized carbons (Fsp3) is 0.500. The number of hydrogen-bond donors (Lipinski definition) is 1. The van der Waals surface area contributed by atoms with Gasteiger partial charge < -0.3 is 5.32 Å². The third kappa shape index (κ3) is 5.97. The van der Waals surface area contributed by atoms with E-state index in [4.69, 9.17) is 0 Å². The molecule has 1 aromatic rings. The summed E-state index contributed by atoms with van der Waals surface area (Å²) in [6.07, 6.45) is 1.98. The molecule has 0 saturated heterocycles. The van der Waals surface area contributed by atoms with Gasteiger partial charge in [-0.05, 0) is 30.5 Å². The molecule has 0 atom stereocenters. The first-order chi connectivity index (χ1) is 10.9. The van der Waals surface area contributed by atoms with Crippen LogP contribution in [0.25, 0.3) is 0 Å². The van der Waals surface area contributed by atoms with Crippen LogP contribution in [-0.4, -0.2) is 12.5 Å². The highest BCUT2D eigenvalue weighted by Gasteiger charge is 2.30. The molecule has 0 spiro atoms. The monoisotopic (exact) mass is 323 g/mol. The van der Waals surface area contributed by atoms with Gasteiger partial charge >= 0.3 is 6.18 Å². The van der Waals surface area contributed by atoms with E-state index >= 15 is 0 Å². The summed E-state index contributed by atoms with van der Waals surface area (Å²) in [4.78, 5) is 11.7. The van der Waals surface area contributed by atoms with E-state index in [1.807, 2.05) is 0 Å². The van der Waals surface area contributed by atoms with E-state index in [-0.39, 0.29) is 12.5 Å².